The van der Waals surface area contributed by atoms with E-state index in [2.05, 4.69) is 26.7 Å². The molecule has 0 unspecified atom stereocenters. The summed E-state index contributed by atoms with van der Waals surface area (Å²) in [5.41, 5.74) is 1.20. The van der Waals surface area contributed by atoms with E-state index >= 15 is 0 Å². The van der Waals surface area contributed by atoms with Crippen LogP contribution < -0.4 is 5.32 Å². The second kappa shape index (κ2) is 5.59. The standard InChI is InChI=1S/C14H20N4O/c1-12-2-9-19-13(12)10-18-8-5-16-14(18)11-17-6-3-15-4-7-17/h2,5,8-9,15H,3-4,6-7,10-11H2,1H3. The summed E-state index contributed by atoms with van der Waals surface area (Å²) in [5.74, 6) is 2.12. The predicted octanol–water partition coefficient (Wildman–Crippen LogP) is 1.24. The summed E-state index contributed by atoms with van der Waals surface area (Å²) in [5, 5.41) is 3.37. The van der Waals surface area contributed by atoms with Gasteiger partial charge in [-0.1, -0.05) is 0 Å². The van der Waals surface area contributed by atoms with Crippen LogP contribution in [0.15, 0.2) is 29.1 Å². The first-order valence-corrected chi connectivity index (χ1v) is 6.79. The van der Waals surface area contributed by atoms with Crippen molar-refractivity contribution in [1.29, 1.82) is 0 Å². The lowest BCUT2D eigenvalue weighted by Crippen LogP contribution is -2.43. The van der Waals surface area contributed by atoms with E-state index in [9.17, 15) is 0 Å². The molecule has 0 spiro atoms. The Morgan fingerprint density at radius 1 is 1.32 bits per heavy atom. The highest BCUT2D eigenvalue weighted by Crippen LogP contribution is 2.13. The largest absolute Gasteiger partial charge is 0.467 e. The van der Waals surface area contributed by atoms with Crippen LogP contribution in [0.25, 0.3) is 0 Å². The molecule has 102 valence electrons. The predicted molar refractivity (Wildman–Crippen MR) is 72.9 cm³/mol. The Morgan fingerprint density at radius 2 is 2.16 bits per heavy atom. The third-order valence-corrected chi connectivity index (χ3v) is 3.66. The summed E-state index contributed by atoms with van der Waals surface area (Å²) in [6.07, 6.45) is 5.65. The highest BCUT2D eigenvalue weighted by Gasteiger charge is 2.14. The van der Waals surface area contributed by atoms with Gasteiger partial charge < -0.3 is 14.3 Å². The van der Waals surface area contributed by atoms with Crippen LogP contribution in [-0.2, 0) is 13.1 Å². The molecule has 19 heavy (non-hydrogen) atoms. The number of hydrogen-bond acceptors (Lipinski definition) is 4. The van der Waals surface area contributed by atoms with Crippen molar-refractivity contribution in [2.24, 2.45) is 0 Å². The van der Waals surface area contributed by atoms with Gasteiger partial charge in [0.15, 0.2) is 0 Å². The van der Waals surface area contributed by atoms with Crippen molar-refractivity contribution in [2.75, 3.05) is 26.2 Å². The third kappa shape index (κ3) is 2.88. The van der Waals surface area contributed by atoms with Crippen molar-refractivity contribution in [3.05, 3.63) is 41.9 Å². The lowest BCUT2D eigenvalue weighted by atomic mass is 10.3. The molecule has 0 radical (unpaired) electrons. The average molecular weight is 260 g/mol. The maximum absolute atomic E-state index is 5.51. The van der Waals surface area contributed by atoms with Gasteiger partial charge in [-0.3, -0.25) is 4.90 Å². The maximum Gasteiger partial charge on any atom is 0.126 e. The molecule has 1 aliphatic rings. The number of furan rings is 1. The summed E-state index contributed by atoms with van der Waals surface area (Å²) in [4.78, 5) is 6.91. The van der Waals surface area contributed by atoms with E-state index in [1.165, 1.54) is 5.56 Å². The van der Waals surface area contributed by atoms with Crippen LogP contribution in [0.5, 0.6) is 0 Å². The first-order chi connectivity index (χ1) is 9.33. The minimum Gasteiger partial charge on any atom is -0.467 e. The highest BCUT2D eigenvalue weighted by atomic mass is 16.3. The van der Waals surface area contributed by atoms with Gasteiger partial charge >= 0.3 is 0 Å². The minimum atomic E-state index is 0.764. The van der Waals surface area contributed by atoms with E-state index in [4.69, 9.17) is 4.42 Å². The Balaban J connectivity index is 1.69. The maximum atomic E-state index is 5.51. The van der Waals surface area contributed by atoms with E-state index < -0.39 is 0 Å². The zero-order valence-corrected chi connectivity index (χ0v) is 11.3. The molecule has 5 heteroatoms. The van der Waals surface area contributed by atoms with Crippen LogP contribution in [0.2, 0.25) is 0 Å². The number of aryl methyl sites for hydroxylation is 1. The van der Waals surface area contributed by atoms with E-state index in [1.807, 2.05) is 18.5 Å². The zero-order valence-electron chi connectivity index (χ0n) is 11.3. The summed E-state index contributed by atoms with van der Waals surface area (Å²) >= 11 is 0. The monoisotopic (exact) mass is 260 g/mol. The second-order valence-electron chi connectivity index (χ2n) is 5.02. The van der Waals surface area contributed by atoms with Gasteiger partial charge in [0.05, 0.1) is 19.4 Å². The molecule has 1 fully saturated rings. The Kier molecular flexibility index (Phi) is 3.66. The summed E-state index contributed by atoms with van der Waals surface area (Å²) in [6.45, 7) is 8.07. The molecular formula is C14H20N4O. The molecule has 2 aromatic rings. The first-order valence-electron chi connectivity index (χ1n) is 6.79. The number of imidazole rings is 1. The van der Waals surface area contributed by atoms with Crippen LogP contribution in [0.3, 0.4) is 0 Å². The number of nitrogens with zero attached hydrogens (tertiary/aromatic N) is 3. The van der Waals surface area contributed by atoms with Gasteiger partial charge in [0, 0.05) is 38.6 Å². The van der Waals surface area contributed by atoms with Crippen molar-refractivity contribution in [3.8, 4) is 0 Å². The fourth-order valence-electron chi connectivity index (χ4n) is 2.43. The van der Waals surface area contributed by atoms with Crippen molar-refractivity contribution in [2.45, 2.75) is 20.0 Å². The molecular weight excluding hydrogens is 240 g/mol. The van der Waals surface area contributed by atoms with E-state index in [0.717, 1.165) is 50.9 Å². The number of nitrogens with one attached hydrogen (secondary N) is 1. The first kappa shape index (κ1) is 12.4. The molecule has 1 N–H and O–H groups in total. The van der Waals surface area contributed by atoms with E-state index in [0.29, 0.717) is 0 Å². The quantitative estimate of drug-likeness (QED) is 0.898. The molecule has 0 atom stereocenters. The minimum absolute atomic E-state index is 0.764. The zero-order chi connectivity index (χ0) is 13.1. The van der Waals surface area contributed by atoms with Crippen LogP contribution in [-0.4, -0.2) is 40.6 Å². The second-order valence-corrected chi connectivity index (χ2v) is 5.02. The molecule has 0 saturated carbocycles. The average Bonchev–Trinajstić information content (AvgIpc) is 3.02. The summed E-state index contributed by atoms with van der Waals surface area (Å²) in [6, 6.07) is 2.00. The van der Waals surface area contributed by atoms with Crippen molar-refractivity contribution >= 4 is 0 Å². The van der Waals surface area contributed by atoms with Gasteiger partial charge in [-0.25, -0.2) is 4.98 Å². The molecule has 3 rings (SSSR count). The van der Waals surface area contributed by atoms with Crippen molar-refractivity contribution in [3.63, 3.8) is 0 Å². The van der Waals surface area contributed by atoms with Gasteiger partial charge in [0.25, 0.3) is 0 Å². The van der Waals surface area contributed by atoms with Crippen molar-refractivity contribution in [1.82, 2.24) is 19.8 Å². The fourth-order valence-corrected chi connectivity index (χ4v) is 2.43. The molecule has 0 bridgehead atoms. The van der Waals surface area contributed by atoms with Gasteiger partial charge in [0.1, 0.15) is 11.6 Å². The van der Waals surface area contributed by atoms with E-state index in [1.54, 1.807) is 6.26 Å². The Labute approximate surface area is 113 Å². The van der Waals surface area contributed by atoms with Crippen LogP contribution in [0, 0.1) is 6.92 Å². The lowest BCUT2D eigenvalue weighted by Gasteiger charge is -2.26. The Morgan fingerprint density at radius 3 is 2.89 bits per heavy atom. The van der Waals surface area contributed by atoms with Crippen LogP contribution >= 0.6 is 0 Å². The Hall–Kier alpha value is -1.59. The Bertz CT molecular complexity index is 525. The molecule has 1 saturated heterocycles. The molecule has 0 amide bonds. The smallest absolute Gasteiger partial charge is 0.126 e. The van der Waals surface area contributed by atoms with E-state index in [-0.39, 0.29) is 0 Å². The van der Waals surface area contributed by atoms with Crippen LogP contribution in [0.4, 0.5) is 0 Å². The third-order valence-electron chi connectivity index (χ3n) is 3.66. The molecule has 0 aliphatic carbocycles. The fraction of sp³-hybridized carbons (Fsp3) is 0.500. The van der Waals surface area contributed by atoms with Crippen LogP contribution in [0.1, 0.15) is 17.1 Å². The highest BCUT2D eigenvalue weighted by molar-refractivity contribution is 5.15. The topological polar surface area (TPSA) is 46.2 Å². The van der Waals surface area contributed by atoms with Crippen molar-refractivity contribution < 1.29 is 4.42 Å². The number of hydrogen-bond donors (Lipinski definition) is 1. The normalized spacial score (nSPS) is 16.9. The molecule has 2 aromatic heterocycles. The SMILES string of the molecule is Cc1ccoc1Cn1ccnc1CN1CCNCC1. The van der Waals surface area contributed by atoms with Gasteiger partial charge in [-0.2, -0.15) is 0 Å². The van der Waals surface area contributed by atoms with Gasteiger partial charge in [-0.15, -0.1) is 0 Å². The molecule has 3 heterocycles. The number of aromatic nitrogens is 2. The molecule has 0 aromatic carbocycles. The van der Waals surface area contributed by atoms with Gasteiger partial charge in [0.2, 0.25) is 0 Å². The number of piperazine rings is 1. The van der Waals surface area contributed by atoms with Gasteiger partial charge in [-0.05, 0) is 18.6 Å². The molecule has 5 nitrogen and oxygen atoms in total. The molecule has 1 aliphatic heterocycles. The number of rotatable bonds is 4. The lowest BCUT2D eigenvalue weighted by molar-refractivity contribution is 0.225. The summed E-state index contributed by atoms with van der Waals surface area (Å²) in [7, 11) is 0. The summed E-state index contributed by atoms with van der Waals surface area (Å²) < 4.78 is 7.68.